The van der Waals surface area contributed by atoms with Crippen molar-refractivity contribution in [3.8, 4) is 0 Å². The average Bonchev–Trinajstić information content (AvgIpc) is 1.88. The van der Waals surface area contributed by atoms with Crippen molar-refractivity contribution in [3.63, 3.8) is 0 Å². The topological polar surface area (TPSA) is 49.3 Å². The van der Waals surface area contributed by atoms with Crippen molar-refractivity contribution < 1.29 is 39.5 Å². The summed E-state index contributed by atoms with van der Waals surface area (Å²) in [6, 6.07) is 8.74. The van der Waals surface area contributed by atoms with Gasteiger partial charge in [0.25, 0.3) is 0 Å². The van der Waals surface area contributed by atoms with Gasteiger partial charge in [-0.05, 0) is 12.1 Å². The Labute approximate surface area is 86.7 Å². The monoisotopic (exact) mass is 160 g/mol. The minimum Gasteiger partial charge on any atom is -0.465 e. The van der Waals surface area contributed by atoms with E-state index in [-0.39, 0.29) is 29.6 Å². The van der Waals surface area contributed by atoms with Crippen LogP contribution in [0, 0.1) is 0 Å². The molecule has 0 aliphatic rings. The summed E-state index contributed by atoms with van der Waals surface area (Å²) in [7, 11) is 0. The minimum absolute atomic E-state index is 0. The van der Waals surface area contributed by atoms with Crippen LogP contribution in [0.3, 0.4) is 0 Å². The Morgan fingerprint density at radius 3 is 2.27 bits per heavy atom. The van der Waals surface area contributed by atoms with Crippen molar-refractivity contribution in [2.75, 3.05) is 5.32 Å². The molecule has 1 amide bonds. The van der Waals surface area contributed by atoms with E-state index in [9.17, 15) is 4.79 Å². The minimum atomic E-state index is -1.04. The largest absolute Gasteiger partial charge is 1.00 e. The Balaban J connectivity index is 0.000001000. The molecule has 0 heterocycles. The molecule has 1 rings (SSSR count). The van der Waals surface area contributed by atoms with E-state index >= 15 is 0 Å². The Morgan fingerprint density at radius 1 is 1.27 bits per heavy atom. The van der Waals surface area contributed by atoms with Crippen molar-refractivity contribution in [3.05, 3.63) is 30.3 Å². The smallest absolute Gasteiger partial charge is 0.465 e. The molecule has 0 radical (unpaired) electrons. The summed E-state index contributed by atoms with van der Waals surface area (Å²) >= 11 is 0. The molecule has 1 aromatic rings. The predicted molar refractivity (Wildman–Crippen MR) is 38.1 cm³/mol. The van der Waals surface area contributed by atoms with Gasteiger partial charge < -0.3 is 5.11 Å². The zero-order chi connectivity index (χ0) is 7.40. The molecule has 0 fully saturated rings. The molecule has 4 heteroatoms. The fourth-order valence-electron chi connectivity index (χ4n) is 0.645. The van der Waals surface area contributed by atoms with Crippen LogP contribution in [0.2, 0.25) is 0 Å². The van der Waals surface area contributed by atoms with Gasteiger partial charge in [-0.1, -0.05) is 18.2 Å². The maximum atomic E-state index is 10.1. The van der Waals surface area contributed by atoms with E-state index in [0.717, 1.165) is 0 Å². The van der Waals surface area contributed by atoms with E-state index in [0.29, 0.717) is 5.69 Å². The van der Waals surface area contributed by atoms with Gasteiger partial charge in [0.15, 0.2) is 0 Å². The molecular weight excluding hydrogens is 153 g/mol. The zero-order valence-electron chi connectivity index (χ0n) is 6.24. The van der Waals surface area contributed by atoms with E-state index < -0.39 is 6.09 Å². The fourth-order valence-corrected chi connectivity index (χ4v) is 0.645. The molecule has 0 saturated heterocycles. The molecule has 0 bridgehead atoms. The van der Waals surface area contributed by atoms with Gasteiger partial charge in [0.2, 0.25) is 0 Å². The second-order valence-electron chi connectivity index (χ2n) is 1.80. The van der Waals surface area contributed by atoms with Crippen LogP contribution in [0.15, 0.2) is 30.3 Å². The maximum Gasteiger partial charge on any atom is 1.00 e. The predicted octanol–water partition coefficient (Wildman–Crippen LogP) is -1.22. The van der Waals surface area contributed by atoms with Gasteiger partial charge in [-0.3, -0.25) is 5.32 Å². The van der Waals surface area contributed by atoms with E-state index in [4.69, 9.17) is 5.11 Å². The van der Waals surface area contributed by atoms with Crippen LogP contribution < -0.4 is 34.9 Å². The first-order chi connectivity index (χ1) is 4.79. The van der Waals surface area contributed by atoms with Gasteiger partial charge in [0, 0.05) is 5.69 Å². The first-order valence-electron chi connectivity index (χ1n) is 2.84. The molecule has 2 N–H and O–H groups in total. The third-order valence-electron chi connectivity index (χ3n) is 1.03. The van der Waals surface area contributed by atoms with Crippen LogP contribution >= 0.6 is 0 Å². The van der Waals surface area contributed by atoms with Crippen LogP contribution in [0.4, 0.5) is 10.5 Å². The van der Waals surface area contributed by atoms with Gasteiger partial charge in [0.1, 0.15) is 0 Å². The van der Waals surface area contributed by atoms with E-state index in [2.05, 4.69) is 5.32 Å². The Kier molecular flexibility index (Phi) is 4.94. The molecule has 0 aliphatic heterocycles. The third kappa shape index (κ3) is 4.03. The second kappa shape index (κ2) is 5.18. The third-order valence-corrected chi connectivity index (χ3v) is 1.03. The first kappa shape index (κ1) is 10.5. The molecule has 0 aromatic heterocycles. The number of nitrogens with one attached hydrogen (secondary N) is 1. The number of rotatable bonds is 1. The van der Waals surface area contributed by atoms with Crippen LogP contribution in [0.1, 0.15) is 0 Å². The number of carboxylic acid groups (broad SMARTS) is 1. The van der Waals surface area contributed by atoms with E-state index in [1.165, 1.54) is 0 Å². The van der Waals surface area contributed by atoms with Crippen molar-refractivity contribution in [1.29, 1.82) is 0 Å². The van der Waals surface area contributed by atoms with Gasteiger partial charge in [-0.25, -0.2) is 4.79 Å². The molecular formula is C7H7NNaO2+. The number of para-hydroxylation sites is 1. The van der Waals surface area contributed by atoms with Crippen LogP contribution in [0.5, 0.6) is 0 Å². The van der Waals surface area contributed by atoms with E-state index in [1.807, 2.05) is 6.07 Å². The number of hydrogen-bond donors (Lipinski definition) is 2. The summed E-state index contributed by atoms with van der Waals surface area (Å²) in [6.45, 7) is 0. The summed E-state index contributed by atoms with van der Waals surface area (Å²) < 4.78 is 0. The van der Waals surface area contributed by atoms with Crippen molar-refractivity contribution >= 4 is 11.8 Å². The van der Waals surface area contributed by atoms with Gasteiger partial charge >= 0.3 is 35.7 Å². The molecule has 0 saturated carbocycles. The number of anilines is 1. The SMILES string of the molecule is O=C(O)Nc1ccccc1.[Na+]. The maximum absolute atomic E-state index is 10.1. The molecule has 0 spiro atoms. The van der Waals surface area contributed by atoms with E-state index in [1.54, 1.807) is 24.3 Å². The Hall–Kier alpha value is -0.510. The molecule has 0 aliphatic carbocycles. The molecule has 3 nitrogen and oxygen atoms in total. The summed E-state index contributed by atoms with van der Waals surface area (Å²) in [4.78, 5) is 10.1. The molecule has 11 heavy (non-hydrogen) atoms. The molecule has 52 valence electrons. The quantitative estimate of drug-likeness (QED) is 0.506. The fraction of sp³-hybridized carbons (Fsp3) is 0. The van der Waals surface area contributed by atoms with Gasteiger partial charge in [-0.15, -0.1) is 0 Å². The summed E-state index contributed by atoms with van der Waals surface area (Å²) in [5.74, 6) is 0. The standard InChI is InChI=1S/C7H7NO2.Na/c9-7(10)8-6-4-2-1-3-5-6;/h1-5,8H,(H,9,10);/q;+1. The Bertz CT molecular complexity index is 225. The molecule has 0 unspecified atom stereocenters. The zero-order valence-corrected chi connectivity index (χ0v) is 8.24. The number of amides is 1. The second-order valence-corrected chi connectivity index (χ2v) is 1.80. The van der Waals surface area contributed by atoms with Crippen molar-refractivity contribution in [1.82, 2.24) is 0 Å². The number of hydrogen-bond acceptors (Lipinski definition) is 1. The number of benzene rings is 1. The van der Waals surface area contributed by atoms with Crippen LogP contribution in [-0.4, -0.2) is 11.2 Å². The number of carbonyl (C=O) groups is 1. The summed E-state index contributed by atoms with van der Waals surface area (Å²) in [5, 5.41) is 10.5. The Morgan fingerprint density at radius 2 is 1.82 bits per heavy atom. The average molecular weight is 160 g/mol. The first-order valence-corrected chi connectivity index (χ1v) is 2.84. The summed E-state index contributed by atoms with van der Waals surface area (Å²) in [5.41, 5.74) is 0.593. The normalized spacial score (nSPS) is 8.00. The van der Waals surface area contributed by atoms with Crippen LogP contribution in [0.25, 0.3) is 0 Å². The van der Waals surface area contributed by atoms with Crippen LogP contribution in [-0.2, 0) is 0 Å². The molecule has 0 atom stereocenters. The van der Waals surface area contributed by atoms with Crippen molar-refractivity contribution in [2.24, 2.45) is 0 Å². The molecule has 1 aromatic carbocycles. The van der Waals surface area contributed by atoms with Gasteiger partial charge in [0.05, 0.1) is 0 Å². The van der Waals surface area contributed by atoms with Gasteiger partial charge in [-0.2, -0.15) is 0 Å². The van der Waals surface area contributed by atoms with Crippen molar-refractivity contribution in [2.45, 2.75) is 0 Å². The summed E-state index contributed by atoms with van der Waals surface area (Å²) in [6.07, 6.45) is -1.04.